The fourth-order valence-corrected chi connectivity index (χ4v) is 2.51. The maximum atomic E-state index is 11.2. The van der Waals surface area contributed by atoms with E-state index in [0.29, 0.717) is 12.1 Å². The summed E-state index contributed by atoms with van der Waals surface area (Å²) in [5.74, 6) is 0.781. The van der Waals surface area contributed by atoms with Crippen LogP contribution < -0.4 is 15.4 Å². The first kappa shape index (κ1) is 13.3. The van der Waals surface area contributed by atoms with Crippen LogP contribution in [0.3, 0.4) is 0 Å². The fraction of sp³-hybridized carbons (Fsp3) is 0.545. The van der Waals surface area contributed by atoms with E-state index in [1.54, 1.807) is 6.07 Å². The predicted octanol–water partition coefficient (Wildman–Crippen LogP) is -0.0844. The average Bonchev–Trinajstić information content (AvgIpc) is 2.31. The number of aromatic nitrogens is 1. The number of sulfonamides is 1. The van der Waals surface area contributed by atoms with Crippen LogP contribution in [0, 0.1) is 0 Å². The van der Waals surface area contributed by atoms with E-state index in [9.17, 15) is 8.42 Å². The summed E-state index contributed by atoms with van der Waals surface area (Å²) < 4.78 is 22.3. The molecular weight excluding hydrogens is 252 g/mol. The summed E-state index contributed by atoms with van der Waals surface area (Å²) in [6.07, 6.45) is 1.31. The van der Waals surface area contributed by atoms with Crippen molar-refractivity contribution in [1.82, 2.24) is 10.3 Å². The minimum atomic E-state index is -3.67. The molecule has 1 fully saturated rings. The summed E-state index contributed by atoms with van der Waals surface area (Å²) in [5.41, 5.74) is 0. The maximum absolute atomic E-state index is 11.2. The van der Waals surface area contributed by atoms with Gasteiger partial charge in [0.05, 0.1) is 0 Å². The topological polar surface area (TPSA) is 88.3 Å². The highest BCUT2D eigenvalue weighted by atomic mass is 32.2. The molecule has 1 saturated heterocycles. The van der Waals surface area contributed by atoms with Crippen molar-refractivity contribution in [3.63, 3.8) is 0 Å². The summed E-state index contributed by atoms with van der Waals surface area (Å²) in [6.45, 7) is 5.95. The average molecular weight is 270 g/mol. The molecule has 6 nitrogen and oxygen atoms in total. The van der Waals surface area contributed by atoms with Gasteiger partial charge in [-0.3, -0.25) is 0 Å². The van der Waals surface area contributed by atoms with Crippen LogP contribution in [-0.4, -0.2) is 38.6 Å². The van der Waals surface area contributed by atoms with Crippen LogP contribution in [0.4, 0.5) is 5.82 Å². The van der Waals surface area contributed by atoms with Crippen molar-refractivity contribution in [1.29, 1.82) is 0 Å². The monoisotopic (exact) mass is 270 g/mol. The predicted molar refractivity (Wildman–Crippen MR) is 69.9 cm³/mol. The summed E-state index contributed by atoms with van der Waals surface area (Å²) >= 11 is 0. The second-order valence-electron chi connectivity index (χ2n) is 4.71. The molecule has 7 heteroatoms. The number of pyridine rings is 1. The molecule has 3 N–H and O–H groups in total. The van der Waals surface area contributed by atoms with Crippen molar-refractivity contribution in [3.05, 3.63) is 18.3 Å². The molecule has 0 aromatic carbocycles. The normalized spacial score (nSPS) is 25.2. The molecule has 0 spiro atoms. The first-order valence-corrected chi connectivity index (χ1v) is 7.41. The number of hydrogen-bond donors (Lipinski definition) is 2. The zero-order chi connectivity index (χ0) is 13.3. The third-order valence-corrected chi connectivity index (χ3v) is 4.01. The lowest BCUT2D eigenvalue weighted by molar-refractivity contribution is 0.422. The summed E-state index contributed by atoms with van der Waals surface area (Å²) in [6, 6.07) is 3.92. The fourth-order valence-electron chi connectivity index (χ4n) is 2.05. The SMILES string of the molecule is CC1CN(c2ccc(S(N)(=O)=O)cn2)C(C)CN1. The summed E-state index contributed by atoms with van der Waals surface area (Å²) in [7, 11) is -3.67. The Labute approximate surface area is 107 Å². The van der Waals surface area contributed by atoms with Gasteiger partial charge < -0.3 is 10.2 Å². The number of anilines is 1. The van der Waals surface area contributed by atoms with Gasteiger partial charge in [-0.2, -0.15) is 0 Å². The Morgan fingerprint density at radius 3 is 2.72 bits per heavy atom. The Bertz CT molecular complexity index is 514. The van der Waals surface area contributed by atoms with Crippen LogP contribution in [0.2, 0.25) is 0 Å². The van der Waals surface area contributed by atoms with Gasteiger partial charge in [0.15, 0.2) is 0 Å². The quantitative estimate of drug-likeness (QED) is 0.784. The van der Waals surface area contributed by atoms with E-state index in [-0.39, 0.29) is 4.90 Å². The zero-order valence-electron chi connectivity index (χ0n) is 10.5. The number of piperazine rings is 1. The van der Waals surface area contributed by atoms with E-state index in [0.717, 1.165) is 18.9 Å². The molecule has 2 atom stereocenters. The van der Waals surface area contributed by atoms with Crippen LogP contribution in [0.25, 0.3) is 0 Å². The number of nitrogens with one attached hydrogen (secondary N) is 1. The van der Waals surface area contributed by atoms with E-state index in [4.69, 9.17) is 5.14 Å². The van der Waals surface area contributed by atoms with E-state index in [1.165, 1.54) is 12.3 Å². The number of hydrogen-bond acceptors (Lipinski definition) is 5. The number of nitrogens with two attached hydrogens (primary N) is 1. The van der Waals surface area contributed by atoms with E-state index in [1.807, 2.05) is 0 Å². The van der Waals surface area contributed by atoms with Crippen molar-refractivity contribution in [3.8, 4) is 0 Å². The van der Waals surface area contributed by atoms with Gasteiger partial charge in [0.1, 0.15) is 10.7 Å². The lowest BCUT2D eigenvalue weighted by atomic mass is 10.1. The van der Waals surface area contributed by atoms with Gasteiger partial charge in [0.2, 0.25) is 10.0 Å². The second-order valence-corrected chi connectivity index (χ2v) is 6.27. The Morgan fingerprint density at radius 1 is 1.44 bits per heavy atom. The Morgan fingerprint density at radius 2 is 2.17 bits per heavy atom. The molecule has 1 aromatic heterocycles. The maximum Gasteiger partial charge on any atom is 0.239 e. The van der Waals surface area contributed by atoms with Crippen molar-refractivity contribution in [2.45, 2.75) is 30.8 Å². The molecule has 18 heavy (non-hydrogen) atoms. The van der Waals surface area contributed by atoms with Crippen molar-refractivity contribution in [2.75, 3.05) is 18.0 Å². The molecule has 0 aliphatic carbocycles. The minimum Gasteiger partial charge on any atom is -0.351 e. The van der Waals surface area contributed by atoms with E-state index >= 15 is 0 Å². The Kier molecular flexibility index (Phi) is 3.56. The molecule has 0 radical (unpaired) electrons. The van der Waals surface area contributed by atoms with Crippen molar-refractivity contribution in [2.24, 2.45) is 5.14 Å². The third-order valence-electron chi connectivity index (χ3n) is 3.11. The van der Waals surface area contributed by atoms with Crippen molar-refractivity contribution >= 4 is 15.8 Å². The van der Waals surface area contributed by atoms with Gasteiger partial charge in [0.25, 0.3) is 0 Å². The van der Waals surface area contributed by atoms with Gasteiger partial charge in [0, 0.05) is 31.4 Å². The smallest absolute Gasteiger partial charge is 0.239 e. The number of rotatable bonds is 2. The standard InChI is InChI=1S/C11H18N4O2S/c1-8-7-15(9(2)5-13-8)11-4-3-10(6-14-11)18(12,16)17/h3-4,6,8-9,13H,5,7H2,1-2H3,(H2,12,16,17). The molecule has 0 bridgehead atoms. The van der Waals surface area contributed by atoms with Gasteiger partial charge in [-0.05, 0) is 26.0 Å². The van der Waals surface area contributed by atoms with E-state index in [2.05, 4.69) is 29.0 Å². The lowest BCUT2D eigenvalue weighted by Crippen LogP contribution is -2.54. The summed E-state index contributed by atoms with van der Waals surface area (Å²) in [5, 5.41) is 8.43. The molecule has 0 saturated carbocycles. The van der Waals surface area contributed by atoms with Crippen molar-refractivity contribution < 1.29 is 8.42 Å². The highest BCUT2D eigenvalue weighted by Crippen LogP contribution is 2.18. The molecule has 2 heterocycles. The van der Waals surface area contributed by atoms with Crippen LogP contribution in [0.1, 0.15) is 13.8 Å². The van der Waals surface area contributed by atoms with Gasteiger partial charge >= 0.3 is 0 Å². The first-order chi connectivity index (χ1) is 8.38. The molecule has 0 amide bonds. The van der Waals surface area contributed by atoms with E-state index < -0.39 is 10.0 Å². The molecule has 2 rings (SSSR count). The molecule has 1 aromatic rings. The first-order valence-electron chi connectivity index (χ1n) is 5.87. The van der Waals surface area contributed by atoms with Gasteiger partial charge in [-0.15, -0.1) is 0 Å². The zero-order valence-corrected chi connectivity index (χ0v) is 11.3. The minimum absolute atomic E-state index is 0.0436. The Balaban J connectivity index is 2.23. The molecule has 100 valence electrons. The van der Waals surface area contributed by atoms with Crippen LogP contribution in [0.5, 0.6) is 0 Å². The molecule has 2 unspecified atom stereocenters. The Hall–Kier alpha value is -1.18. The van der Waals surface area contributed by atoms with Crippen LogP contribution in [-0.2, 0) is 10.0 Å². The largest absolute Gasteiger partial charge is 0.351 e. The third kappa shape index (κ3) is 2.80. The number of primary sulfonamides is 1. The second kappa shape index (κ2) is 4.83. The molecular formula is C11H18N4O2S. The molecule has 1 aliphatic heterocycles. The van der Waals surface area contributed by atoms with Gasteiger partial charge in [-0.25, -0.2) is 18.5 Å². The van der Waals surface area contributed by atoms with Gasteiger partial charge in [-0.1, -0.05) is 0 Å². The van der Waals surface area contributed by atoms with Crippen LogP contribution in [0.15, 0.2) is 23.2 Å². The highest BCUT2D eigenvalue weighted by molar-refractivity contribution is 7.89. The number of nitrogens with zero attached hydrogens (tertiary/aromatic N) is 2. The lowest BCUT2D eigenvalue weighted by Gasteiger charge is -2.38. The summed E-state index contributed by atoms with van der Waals surface area (Å²) in [4.78, 5) is 6.40. The van der Waals surface area contributed by atoms with Crippen LogP contribution >= 0.6 is 0 Å². The molecule has 1 aliphatic rings. The highest BCUT2D eigenvalue weighted by Gasteiger charge is 2.23.